The van der Waals surface area contributed by atoms with Gasteiger partial charge in [-0.15, -0.1) is 0 Å². The van der Waals surface area contributed by atoms with Gasteiger partial charge in [0, 0.05) is 13.1 Å². The Labute approximate surface area is 122 Å². The quantitative estimate of drug-likeness (QED) is 0.864. The van der Waals surface area contributed by atoms with Crippen molar-refractivity contribution >= 4 is 27.0 Å². The average Bonchev–Trinajstić information content (AvgIpc) is 2.81. The van der Waals surface area contributed by atoms with Gasteiger partial charge in [-0.05, 0) is 18.2 Å². The van der Waals surface area contributed by atoms with Gasteiger partial charge in [0.1, 0.15) is 6.54 Å². The summed E-state index contributed by atoms with van der Waals surface area (Å²) in [4.78, 5) is 15.0. The van der Waals surface area contributed by atoms with Gasteiger partial charge >= 0.3 is 5.97 Å². The smallest absolute Gasteiger partial charge is 0.323 e. The third kappa shape index (κ3) is 2.91. The van der Waals surface area contributed by atoms with Crippen molar-refractivity contribution in [1.29, 1.82) is 0 Å². The van der Waals surface area contributed by atoms with Crippen LogP contribution in [0.1, 0.15) is 13.8 Å². The summed E-state index contributed by atoms with van der Waals surface area (Å²) in [7, 11) is -3.57. The van der Waals surface area contributed by atoms with Crippen molar-refractivity contribution in [2.75, 3.05) is 13.1 Å². The molecule has 21 heavy (non-hydrogen) atoms. The molecule has 8 heteroatoms. The van der Waals surface area contributed by atoms with E-state index in [4.69, 9.17) is 5.11 Å². The molecule has 0 fully saturated rings. The molecular weight excluding hydrogens is 294 g/mol. The summed E-state index contributed by atoms with van der Waals surface area (Å²) in [6.07, 6.45) is 1.40. The van der Waals surface area contributed by atoms with Gasteiger partial charge in [-0.3, -0.25) is 4.79 Å². The van der Waals surface area contributed by atoms with E-state index in [0.717, 1.165) is 0 Å². The van der Waals surface area contributed by atoms with Crippen LogP contribution in [0, 0.1) is 0 Å². The van der Waals surface area contributed by atoms with Gasteiger partial charge < -0.3 is 9.67 Å². The number of aliphatic carboxylic acids is 1. The van der Waals surface area contributed by atoms with E-state index in [-0.39, 0.29) is 11.4 Å². The van der Waals surface area contributed by atoms with E-state index in [0.29, 0.717) is 24.1 Å². The zero-order chi connectivity index (χ0) is 15.6. The monoisotopic (exact) mass is 311 g/mol. The lowest BCUT2D eigenvalue weighted by Crippen LogP contribution is -2.30. The molecular formula is C13H17N3O4S. The third-order valence-electron chi connectivity index (χ3n) is 3.24. The first kappa shape index (κ1) is 15.5. The zero-order valence-electron chi connectivity index (χ0n) is 11.9. The molecule has 0 saturated carbocycles. The molecule has 0 bridgehead atoms. The molecule has 1 aromatic heterocycles. The number of carboxylic acid groups (broad SMARTS) is 1. The van der Waals surface area contributed by atoms with Crippen LogP contribution < -0.4 is 0 Å². The van der Waals surface area contributed by atoms with Crippen LogP contribution in [0.5, 0.6) is 0 Å². The van der Waals surface area contributed by atoms with Gasteiger partial charge in [0.2, 0.25) is 10.0 Å². The molecule has 1 aromatic carbocycles. The Kier molecular flexibility index (Phi) is 4.29. The minimum absolute atomic E-state index is 0.144. The molecule has 0 saturated heterocycles. The minimum Gasteiger partial charge on any atom is -0.480 e. The van der Waals surface area contributed by atoms with Gasteiger partial charge in [-0.2, -0.15) is 4.31 Å². The predicted octanol–water partition coefficient (Wildman–Crippen LogP) is 1.15. The van der Waals surface area contributed by atoms with Crippen molar-refractivity contribution in [3.8, 4) is 0 Å². The van der Waals surface area contributed by atoms with E-state index in [1.165, 1.54) is 27.3 Å². The lowest BCUT2D eigenvalue weighted by Gasteiger charge is -2.18. The van der Waals surface area contributed by atoms with E-state index in [1.54, 1.807) is 19.9 Å². The zero-order valence-corrected chi connectivity index (χ0v) is 12.7. The Hall–Kier alpha value is -1.93. The summed E-state index contributed by atoms with van der Waals surface area (Å²) in [5.74, 6) is -1.01. The minimum atomic E-state index is -3.57. The van der Waals surface area contributed by atoms with Crippen LogP contribution in [0.4, 0.5) is 0 Å². The molecule has 0 aliphatic heterocycles. The predicted molar refractivity (Wildman–Crippen MR) is 77.5 cm³/mol. The lowest BCUT2D eigenvalue weighted by atomic mass is 10.3. The maximum absolute atomic E-state index is 12.5. The van der Waals surface area contributed by atoms with Gasteiger partial charge in [-0.25, -0.2) is 13.4 Å². The number of aromatic nitrogens is 2. The molecule has 0 unspecified atom stereocenters. The molecule has 0 radical (unpaired) electrons. The van der Waals surface area contributed by atoms with Crippen LogP contribution in [0.2, 0.25) is 0 Å². The van der Waals surface area contributed by atoms with E-state index in [2.05, 4.69) is 4.98 Å². The largest absolute Gasteiger partial charge is 0.480 e. The summed E-state index contributed by atoms with van der Waals surface area (Å²) in [5, 5.41) is 8.86. The summed E-state index contributed by atoms with van der Waals surface area (Å²) in [6.45, 7) is 4.05. The summed E-state index contributed by atoms with van der Waals surface area (Å²) < 4.78 is 27.7. The second-order valence-electron chi connectivity index (χ2n) is 4.51. The van der Waals surface area contributed by atoms with Gasteiger partial charge in [0.05, 0.1) is 22.3 Å². The average molecular weight is 311 g/mol. The standard InChI is InChI=1S/C13H17N3O4S/c1-3-16(4-2)21(19,20)10-5-6-11-12(7-10)15(9-14-11)8-13(17)18/h5-7,9H,3-4,8H2,1-2H3,(H,17,18). The van der Waals surface area contributed by atoms with Crippen LogP contribution in [-0.4, -0.2) is 46.4 Å². The van der Waals surface area contributed by atoms with Crippen LogP contribution in [0.3, 0.4) is 0 Å². The highest BCUT2D eigenvalue weighted by atomic mass is 32.2. The summed E-state index contributed by atoms with van der Waals surface area (Å²) >= 11 is 0. The van der Waals surface area contributed by atoms with E-state index in [1.807, 2.05) is 0 Å². The van der Waals surface area contributed by atoms with E-state index in [9.17, 15) is 13.2 Å². The molecule has 0 amide bonds. The number of carbonyl (C=O) groups is 1. The molecule has 1 N–H and O–H groups in total. The molecule has 0 atom stereocenters. The van der Waals surface area contributed by atoms with Crippen LogP contribution >= 0.6 is 0 Å². The Bertz CT molecular complexity index is 763. The Morgan fingerprint density at radius 1 is 1.33 bits per heavy atom. The van der Waals surface area contributed by atoms with Crippen molar-refractivity contribution < 1.29 is 18.3 Å². The van der Waals surface area contributed by atoms with E-state index < -0.39 is 16.0 Å². The fraction of sp³-hybridized carbons (Fsp3) is 0.385. The maximum atomic E-state index is 12.5. The summed E-state index contributed by atoms with van der Waals surface area (Å²) in [6, 6.07) is 4.55. The Morgan fingerprint density at radius 2 is 2.00 bits per heavy atom. The highest BCUT2D eigenvalue weighted by molar-refractivity contribution is 7.89. The Balaban J connectivity index is 2.54. The molecule has 1 heterocycles. The van der Waals surface area contributed by atoms with Crippen molar-refractivity contribution in [2.45, 2.75) is 25.3 Å². The van der Waals surface area contributed by atoms with Gasteiger partial charge in [-0.1, -0.05) is 13.8 Å². The molecule has 0 aliphatic rings. The SMILES string of the molecule is CCN(CC)S(=O)(=O)c1ccc2ncn(CC(=O)O)c2c1. The summed E-state index contributed by atoms with van der Waals surface area (Å²) in [5.41, 5.74) is 1.06. The highest BCUT2D eigenvalue weighted by Gasteiger charge is 2.22. The first-order valence-electron chi connectivity index (χ1n) is 6.57. The normalized spacial score (nSPS) is 12.1. The fourth-order valence-electron chi connectivity index (χ4n) is 2.18. The van der Waals surface area contributed by atoms with Gasteiger partial charge in [0.15, 0.2) is 0 Å². The number of sulfonamides is 1. The molecule has 2 aromatic rings. The molecule has 0 spiro atoms. The maximum Gasteiger partial charge on any atom is 0.323 e. The third-order valence-corrected chi connectivity index (χ3v) is 5.29. The number of imidazole rings is 1. The number of rotatable bonds is 6. The Morgan fingerprint density at radius 3 is 2.57 bits per heavy atom. The van der Waals surface area contributed by atoms with Gasteiger partial charge in [0.25, 0.3) is 0 Å². The van der Waals surface area contributed by atoms with Crippen molar-refractivity contribution in [3.63, 3.8) is 0 Å². The van der Waals surface area contributed by atoms with E-state index >= 15 is 0 Å². The molecule has 0 aliphatic carbocycles. The number of carboxylic acids is 1. The fourth-order valence-corrected chi connectivity index (χ4v) is 3.66. The number of hydrogen-bond donors (Lipinski definition) is 1. The van der Waals surface area contributed by atoms with Crippen molar-refractivity contribution in [2.24, 2.45) is 0 Å². The second kappa shape index (κ2) is 5.82. The number of hydrogen-bond acceptors (Lipinski definition) is 4. The first-order valence-corrected chi connectivity index (χ1v) is 8.01. The lowest BCUT2D eigenvalue weighted by molar-refractivity contribution is -0.137. The number of benzene rings is 1. The molecule has 114 valence electrons. The van der Waals surface area contributed by atoms with Crippen LogP contribution in [0.25, 0.3) is 11.0 Å². The number of nitrogens with zero attached hydrogens (tertiary/aromatic N) is 3. The highest BCUT2D eigenvalue weighted by Crippen LogP contribution is 2.21. The number of fused-ring (bicyclic) bond motifs is 1. The molecule has 2 rings (SSSR count). The molecule has 7 nitrogen and oxygen atoms in total. The van der Waals surface area contributed by atoms with Crippen molar-refractivity contribution in [1.82, 2.24) is 13.9 Å². The van der Waals surface area contributed by atoms with Crippen LogP contribution in [-0.2, 0) is 21.4 Å². The van der Waals surface area contributed by atoms with Crippen molar-refractivity contribution in [3.05, 3.63) is 24.5 Å². The topological polar surface area (TPSA) is 92.5 Å². The second-order valence-corrected chi connectivity index (χ2v) is 6.44. The first-order chi connectivity index (χ1) is 9.90. The van der Waals surface area contributed by atoms with Crippen LogP contribution in [0.15, 0.2) is 29.4 Å².